The van der Waals surface area contributed by atoms with Crippen molar-refractivity contribution in [1.29, 1.82) is 0 Å². The Labute approximate surface area is 96.3 Å². The Hall–Kier alpha value is -0.300. The number of nitrogens with one attached hydrogen (secondary N) is 1. The van der Waals surface area contributed by atoms with Crippen LogP contribution in [0.4, 0.5) is 0 Å². The van der Waals surface area contributed by atoms with Gasteiger partial charge in [-0.25, -0.2) is 0 Å². The molecule has 0 saturated carbocycles. The third-order valence-corrected chi connectivity index (χ3v) is 2.94. The quantitative estimate of drug-likeness (QED) is 0.423. The first-order chi connectivity index (χ1) is 7.31. The van der Waals surface area contributed by atoms with Crippen LogP contribution in [0.25, 0.3) is 0 Å². The topological polar surface area (TPSA) is 12.0 Å². The lowest BCUT2D eigenvalue weighted by molar-refractivity contribution is 0.460. The number of unbranched alkanes of at least 4 members (excludes halogenated alkanes) is 3. The van der Waals surface area contributed by atoms with Crippen LogP contribution in [0.2, 0.25) is 0 Å². The lowest BCUT2D eigenvalue weighted by atomic mass is 9.98. The van der Waals surface area contributed by atoms with E-state index < -0.39 is 0 Å². The second-order valence-electron chi connectivity index (χ2n) is 4.56. The van der Waals surface area contributed by atoms with Crippen molar-refractivity contribution in [3.63, 3.8) is 0 Å². The number of rotatable bonds is 10. The van der Waals surface area contributed by atoms with Crippen LogP contribution in [0.15, 0.2) is 12.2 Å². The molecule has 0 heterocycles. The summed E-state index contributed by atoms with van der Waals surface area (Å²) in [7, 11) is 2.03. The molecule has 0 saturated heterocycles. The van der Waals surface area contributed by atoms with Gasteiger partial charge in [0.2, 0.25) is 0 Å². The zero-order valence-electron chi connectivity index (χ0n) is 10.9. The molecule has 0 radical (unpaired) electrons. The second kappa shape index (κ2) is 11.8. The van der Waals surface area contributed by atoms with Gasteiger partial charge in [0.1, 0.15) is 0 Å². The molecule has 0 aliphatic heterocycles. The molecule has 1 unspecified atom stereocenters. The van der Waals surface area contributed by atoms with Gasteiger partial charge in [-0.2, -0.15) is 0 Å². The molecule has 0 amide bonds. The molecule has 0 aromatic rings. The van der Waals surface area contributed by atoms with E-state index in [0.717, 1.165) is 5.92 Å². The zero-order chi connectivity index (χ0) is 11.4. The smallest absolute Gasteiger partial charge is 0.00519 e. The fraction of sp³-hybridized carbons (Fsp3) is 0.857. The number of hydrogen-bond donors (Lipinski definition) is 1. The third kappa shape index (κ3) is 11.6. The Bertz CT molecular complexity index is 140. The van der Waals surface area contributed by atoms with Gasteiger partial charge in [-0.05, 0) is 45.7 Å². The molecule has 15 heavy (non-hydrogen) atoms. The maximum Gasteiger partial charge on any atom is -0.00519 e. The highest BCUT2D eigenvalue weighted by molar-refractivity contribution is 4.77. The average molecular weight is 211 g/mol. The zero-order valence-corrected chi connectivity index (χ0v) is 10.9. The average Bonchev–Trinajstić information content (AvgIpc) is 2.23. The monoisotopic (exact) mass is 211 g/mol. The molecular weight excluding hydrogens is 182 g/mol. The normalized spacial score (nSPS) is 13.5. The predicted octanol–water partition coefficient (Wildman–Crippen LogP) is 4.15. The minimum Gasteiger partial charge on any atom is -0.320 e. The van der Waals surface area contributed by atoms with Gasteiger partial charge < -0.3 is 5.32 Å². The summed E-state index contributed by atoms with van der Waals surface area (Å²) in [4.78, 5) is 0. The fourth-order valence-corrected chi connectivity index (χ4v) is 1.84. The maximum atomic E-state index is 3.19. The van der Waals surface area contributed by atoms with Crippen molar-refractivity contribution >= 4 is 0 Å². The summed E-state index contributed by atoms with van der Waals surface area (Å²) in [5, 5.41) is 3.19. The second-order valence-corrected chi connectivity index (χ2v) is 4.56. The summed E-state index contributed by atoms with van der Waals surface area (Å²) in [5.74, 6) is 0.908. The highest BCUT2D eigenvalue weighted by atomic mass is 14.8. The van der Waals surface area contributed by atoms with E-state index in [0.29, 0.717) is 0 Å². The van der Waals surface area contributed by atoms with Gasteiger partial charge >= 0.3 is 0 Å². The molecule has 0 aromatic heterocycles. The van der Waals surface area contributed by atoms with Crippen LogP contribution in [-0.2, 0) is 0 Å². The SMILES string of the molecule is C/C=C/CCC(C)CCCCCCNC. The van der Waals surface area contributed by atoms with Crippen LogP contribution >= 0.6 is 0 Å². The summed E-state index contributed by atoms with van der Waals surface area (Å²) < 4.78 is 0. The van der Waals surface area contributed by atoms with Crippen molar-refractivity contribution in [3.8, 4) is 0 Å². The van der Waals surface area contributed by atoms with Gasteiger partial charge in [-0.1, -0.05) is 44.8 Å². The number of hydrogen-bond acceptors (Lipinski definition) is 1. The molecule has 0 aliphatic rings. The molecule has 0 spiro atoms. The van der Waals surface area contributed by atoms with E-state index in [-0.39, 0.29) is 0 Å². The molecule has 0 aliphatic carbocycles. The first-order valence-electron chi connectivity index (χ1n) is 6.57. The van der Waals surface area contributed by atoms with Gasteiger partial charge in [-0.3, -0.25) is 0 Å². The molecule has 1 nitrogen and oxygen atoms in total. The lowest BCUT2D eigenvalue weighted by Crippen LogP contribution is -2.06. The van der Waals surface area contributed by atoms with E-state index in [1.54, 1.807) is 0 Å². The van der Waals surface area contributed by atoms with Crippen molar-refractivity contribution in [2.45, 2.75) is 58.8 Å². The molecule has 0 aromatic carbocycles. The summed E-state index contributed by atoms with van der Waals surface area (Å²) in [5.41, 5.74) is 0. The van der Waals surface area contributed by atoms with Crippen LogP contribution in [0, 0.1) is 5.92 Å². The van der Waals surface area contributed by atoms with Gasteiger partial charge in [0.15, 0.2) is 0 Å². The predicted molar refractivity (Wildman–Crippen MR) is 70.2 cm³/mol. The van der Waals surface area contributed by atoms with E-state index in [4.69, 9.17) is 0 Å². The van der Waals surface area contributed by atoms with Gasteiger partial charge in [0, 0.05) is 0 Å². The number of allylic oxidation sites excluding steroid dienone is 2. The van der Waals surface area contributed by atoms with Crippen molar-refractivity contribution in [2.24, 2.45) is 5.92 Å². The molecule has 1 atom stereocenters. The van der Waals surface area contributed by atoms with E-state index in [1.165, 1.54) is 51.5 Å². The molecule has 1 N–H and O–H groups in total. The van der Waals surface area contributed by atoms with Crippen LogP contribution < -0.4 is 5.32 Å². The lowest BCUT2D eigenvalue weighted by Gasteiger charge is -2.09. The third-order valence-electron chi connectivity index (χ3n) is 2.94. The fourth-order valence-electron chi connectivity index (χ4n) is 1.84. The highest BCUT2D eigenvalue weighted by Gasteiger charge is 2.00. The Morgan fingerprint density at radius 3 is 2.47 bits per heavy atom. The van der Waals surface area contributed by atoms with E-state index in [1.807, 2.05) is 7.05 Å². The van der Waals surface area contributed by atoms with Crippen LogP contribution in [0.3, 0.4) is 0 Å². The van der Waals surface area contributed by atoms with Crippen molar-refractivity contribution in [1.82, 2.24) is 5.32 Å². The Balaban J connectivity index is 3.12. The van der Waals surface area contributed by atoms with Crippen LogP contribution in [-0.4, -0.2) is 13.6 Å². The van der Waals surface area contributed by atoms with Crippen molar-refractivity contribution in [3.05, 3.63) is 12.2 Å². The molecular formula is C14H29N. The maximum absolute atomic E-state index is 3.19. The first-order valence-corrected chi connectivity index (χ1v) is 6.57. The van der Waals surface area contributed by atoms with Gasteiger partial charge in [0.25, 0.3) is 0 Å². The minimum absolute atomic E-state index is 0.908. The Morgan fingerprint density at radius 2 is 1.80 bits per heavy atom. The van der Waals surface area contributed by atoms with E-state index >= 15 is 0 Å². The Morgan fingerprint density at radius 1 is 1.07 bits per heavy atom. The van der Waals surface area contributed by atoms with Crippen molar-refractivity contribution < 1.29 is 0 Å². The van der Waals surface area contributed by atoms with E-state index in [2.05, 4.69) is 31.3 Å². The standard InChI is InChI=1S/C14H29N/c1-4-5-8-11-14(2)12-9-6-7-10-13-15-3/h4-5,14-15H,6-13H2,1-3H3/b5-4+. The summed E-state index contributed by atoms with van der Waals surface area (Å²) >= 11 is 0. The van der Waals surface area contributed by atoms with Crippen LogP contribution in [0.5, 0.6) is 0 Å². The first kappa shape index (κ1) is 14.7. The molecule has 90 valence electrons. The highest BCUT2D eigenvalue weighted by Crippen LogP contribution is 2.15. The molecule has 0 rings (SSSR count). The summed E-state index contributed by atoms with van der Waals surface area (Å²) in [6, 6.07) is 0. The molecule has 0 bridgehead atoms. The Kier molecular flexibility index (Phi) is 11.5. The van der Waals surface area contributed by atoms with Crippen molar-refractivity contribution in [2.75, 3.05) is 13.6 Å². The molecule has 0 fully saturated rings. The minimum atomic E-state index is 0.908. The van der Waals surface area contributed by atoms with Crippen LogP contribution in [0.1, 0.15) is 58.8 Å². The van der Waals surface area contributed by atoms with E-state index in [9.17, 15) is 0 Å². The summed E-state index contributed by atoms with van der Waals surface area (Å²) in [6.07, 6.45) is 14.0. The molecule has 1 heteroatoms. The largest absolute Gasteiger partial charge is 0.320 e. The summed E-state index contributed by atoms with van der Waals surface area (Å²) in [6.45, 7) is 5.67. The van der Waals surface area contributed by atoms with Gasteiger partial charge in [-0.15, -0.1) is 0 Å². The van der Waals surface area contributed by atoms with Gasteiger partial charge in [0.05, 0.1) is 0 Å².